The number of nitrogens with zero attached hydrogens (tertiary/aromatic N) is 1. The summed E-state index contributed by atoms with van der Waals surface area (Å²) in [6, 6.07) is 13.1. The Kier molecular flexibility index (Phi) is 4.64. The first-order valence-electron chi connectivity index (χ1n) is 11.0. The molecule has 1 aliphatic carbocycles. The number of fused-ring (bicyclic) bond motifs is 1. The van der Waals surface area contributed by atoms with Crippen molar-refractivity contribution in [1.29, 1.82) is 0 Å². The molecule has 5 heteroatoms. The lowest BCUT2D eigenvalue weighted by molar-refractivity contribution is -0.146. The van der Waals surface area contributed by atoms with Crippen molar-refractivity contribution in [2.75, 3.05) is 37.0 Å². The fraction of sp³-hybridized carbons (Fsp3) is 0.480. The number of benzene rings is 2. The fourth-order valence-corrected chi connectivity index (χ4v) is 4.70. The Morgan fingerprint density at radius 2 is 2.03 bits per heavy atom. The minimum absolute atomic E-state index is 0.0117. The van der Waals surface area contributed by atoms with E-state index in [4.69, 9.17) is 9.47 Å². The van der Waals surface area contributed by atoms with Crippen LogP contribution in [0.5, 0.6) is 5.75 Å². The Labute approximate surface area is 178 Å². The highest BCUT2D eigenvalue weighted by Gasteiger charge is 2.43. The summed E-state index contributed by atoms with van der Waals surface area (Å²) in [7, 11) is 1.46. The second-order valence-corrected chi connectivity index (χ2v) is 9.26. The zero-order valence-corrected chi connectivity index (χ0v) is 18.0. The number of esters is 1. The average Bonchev–Trinajstić information content (AvgIpc) is 2.70. The van der Waals surface area contributed by atoms with Crippen molar-refractivity contribution < 1.29 is 14.3 Å². The van der Waals surface area contributed by atoms with Gasteiger partial charge in [0.25, 0.3) is 0 Å². The van der Waals surface area contributed by atoms with Crippen LogP contribution in [0.1, 0.15) is 44.6 Å². The smallest absolute Gasteiger partial charge is 0.312 e. The summed E-state index contributed by atoms with van der Waals surface area (Å²) in [5.41, 5.74) is 5.89. The molecular weight excluding hydrogens is 376 g/mol. The lowest BCUT2D eigenvalue weighted by Gasteiger charge is -2.46. The maximum atomic E-state index is 11.7. The normalized spacial score (nSPS) is 19.4. The van der Waals surface area contributed by atoms with Gasteiger partial charge in [0.2, 0.25) is 0 Å². The molecule has 1 saturated carbocycles. The molecule has 1 spiro atoms. The van der Waals surface area contributed by atoms with Gasteiger partial charge in [-0.1, -0.05) is 26.0 Å². The van der Waals surface area contributed by atoms with Gasteiger partial charge in [-0.25, -0.2) is 0 Å². The minimum atomic E-state index is -0.118. The molecule has 0 radical (unpaired) electrons. The van der Waals surface area contributed by atoms with Gasteiger partial charge in [0.05, 0.1) is 25.3 Å². The van der Waals surface area contributed by atoms with Gasteiger partial charge in [-0.3, -0.25) is 4.79 Å². The highest BCUT2D eigenvalue weighted by molar-refractivity contribution is 5.86. The van der Waals surface area contributed by atoms with Gasteiger partial charge in [-0.15, -0.1) is 0 Å². The van der Waals surface area contributed by atoms with E-state index in [9.17, 15) is 4.79 Å². The molecule has 30 heavy (non-hydrogen) atoms. The third-order valence-electron chi connectivity index (χ3n) is 6.91. The monoisotopic (exact) mass is 406 g/mol. The SMILES string of the molecule is COC(=O)C1CN(c2cccc(-c3cc(C(C)C)cc4c3NCC3(CCC3)O4)c2)C1. The third kappa shape index (κ3) is 3.21. The predicted octanol–water partition coefficient (Wildman–Crippen LogP) is 4.81. The molecule has 2 fully saturated rings. The molecule has 0 unspecified atom stereocenters. The molecule has 0 atom stereocenters. The number of carbonyl (C=O) groups is 1. The van der Waals surface area contributed by atoms with E-state index in [1.165, 1.54) is 30.2 Å². The molecule has 0 aromatic heterocycles. The number of nitrogens with one attached hydrogen (secondary N) is 1. The van der Waals surface area contributed by atoms with Crippen LogP contribution in [0.3, 0.4) is 0 Å². The second kappa shape index (κ2) is 7.22. The van der Waals surface area contributed by atoms with Crippen LogP contribution in [0.4, 0.5) is 11.4 Å². The van der Waals surface area contributed by atoms with E-state index >= 15 is 0 Å². The van der Waals surface area contributed by atoms with E-state index in [1.54, 1.807) is 0 Å². The first-order chi connectivity index (χ1) is 14.5. The zero-order valence-electron chi connectivity index (χ0n) is 18.0. The number of rotatable bonds is 4. The Balaban J connectivity index is 1.48. The van der Waals surface area contributed by atoms with Gasteiger partial charge in [-0.2, -0.15) is 0 Å². The molecule has 0 bridgehead atoms. The molecule has 3 aliphatic rings. The molecule has 5 nitrogen and oxygen atoms in total. The van der Waals surface area contributed by atoms with Gasteiger partial charge in [-0.05, 0) is 60.6 Å². The molecule has 2 aromatic carbocycles. The number of hydrogen-bond acceptors (Lipinski definition) is 5. The molecule has 2 aromatic rings. The van der Waals surface area contributed by atoms with Crippen molar-refractivity contribution in [2.45, 2.75) is 44.6 Å². The fourth-order valence-electron chi connectivity index (χ4n) is 4.70. The molecule has 2 aliphatic heterocycles. The number of hydrogen-bond donors (Lipinski definition) is 1. The summed E-state index contributed by atoms with van der Waals surface area (Å²) in [5.74, 6) is 1.27. The summed E-state index contributed by atoms with van der Waals surface area (Å²) in [4.78, 5) is 14.0. The Morgan fingerprint density at radius 1 is 1.23 bits per heavy atom. The Morgan fingerprint density at radius 3 is 2.70 bits per heavy atom. The molecule has 1 N–H and O–H groups in total. The first-order valence-corrected chi connectivity index (χ1v) is 11.0. The maximum absolute atomic E-state index is 11.7. The Bertz CT molecular complexity index is 974. The summed E-state index contributed by atoms with van der Waals surface area (Å²) in [6.45, 7) is 6.75. The van der Waals surface area contributed by atoms with Crippen LogP contribution in [0.25, 0.3) is 11.1 Å². The molecule has 0 amide bonds. The Hall–Kier alpha value is -2.69. The first kappa shape index (κ1) is 19.3. The quantitative estimate of drug-likeness (QED) is 0.738. The molecule has 1 saturated heterocycles. The van der Waals surface area contributed by atoms with Gasteiger partial charge in [0.1, 0.15) is 11.4 Å². The molecular formula is C25H30N2O3. The van der Waals surface area contributed by atoms with Crippen molar-refractivity contribution in [2.24, 2.45) is 5.92 Å². The van der Waals surface area contributed by atoms with Crippen molar-refractivity contribution in [3.63, 3.8) is 0 Å². The number of carbonyl (C=O) groups excluding carboxylic acids is 1. The summed E-state index contributed by atoms with van der Waals surface area (Å²) < 4.78 is 11.4. The molecule has 2 heterocycles. The van der Waals surface area contributed by atoms with Gasteiger partial charge < -0.3 is 19.7 Å². The van der Waals surface area contributed by atoms with Crippen LogP contribution in [-0.2, 0) is 9.53 Å². The summed E-state index contributed by atoms with van der Waals surface area (Å²) in [6.07, 6.45) is 3.51. The largest absolute Gasteiger partial charge is 0.483 e. The van der Waals surface area contributed by atoms with Crippen LogP contribution in [-0.4, -0.2) is 38.3 Å². The highest BCUT2D eigenvalue weighted by atomic mass is 16.5. The van der Waals surface area contributed by atoms with E-state index in [2.05, 4.69) is 60.5 Å². The zero-order chi connectivity index (χ0) is 20.9. The topological polar surface area (TPSA) is 50.8 Å². The molecule has 5 rings (SSSR count). The summed E-state index contributed by atoms with van der Waals surface area (Å²) >= 11 is 0. The van der Waals surface area contributed by atoms with Crippen molar-refractivity contribution in [1.82, 2.24) is 0 Å². The lowest BCUT2D eigenvalue weighted by Crippen LogP contribution is -2.51. The molecule has 158 valence electrons. The maximum Gasteiger partial charge on any atom is 0.312 e. The number of ether oxygens (including phenoxy) is 2. The van der Waals surface area contributed by atoms with Gasteiger partial charge in [0.15, 0.2) is 0 Å². The lowest BCUT2D eigenvalue weighted by atomic mass is 9.78. The van der Waals surface area contributed by atoms with Crippen molar-refractivity contribution in [3.8, 4) is 16.9 Å². The van der Waals surface area contributed by atoms with Crippen LogP contribution >= 0.6 is 0 Å². The van der Waals surface area contributed by atoms with Crippen LogP contribution in [0, 0.1) is 5.92 Å². The average molecular weight is 407 g/mol. The number of anilines is 2. The second-order valence-electron chi connectivity index (χ2n) is 9.26. The van der Waals surface area contributed by atoms with Crippen molar-refractivity contribution in [3.05, 3.63) is 42.0 Å². The number of methoxy groups -OCH3 is 1. The van der Waals surface area contributed by atoms with Crippen LogP contribution in [0.2, 0.25) is 0 Å². The van der Waals surface area contributed by atoms with Gasteiger partial charge >= 0.3 is 5.97 Å². The predicted molar refractivity (Wildman–Crippen MR) is 119 cm³/mol. The van der Waals surface area contributed by atoms with Crippen LogP contribution in [0.15, 0.2) is 36.4 Å². The minimum Gasteiger partial charge on any atom is -0.483 e. The highest BCUT2D eigenvalue weighted by Crippen LogP contribution is 2.48. The third-order valence-corrected chi connectivity index (χ3v) is 6.91. The van der Waals surface area contributed by atoms with E-state index in [0.29, 0.717) is 19.0 Å². The van der Waals surface area contributed by atoms with E-state index in [-0.39, 0.29) is 17.5 Å². The van der Waals surface area contributed by atoms with E-state index in [0.717, 1.165) is 36.5 Å². The van der Waals surface area contributed by atoms with E-state index < -0.39 is 0 Å². The standard InChI is InChI=1S/C25H30N2O3/c1-16(2)18-11-21(23-22(12-18)30-25(15-26-23)8-5-9-25)17-6-4-7-20(10-17)27-13-19(14-27)24(28)29-3/h4,6-7,10-12,16,19,26H,5,8-9,13-15H2,1-3H3. The van der Waals surface area contributed by atoms with Gasteiger partial charge in [0, 0.05) is 24.3 Å². The summed E-state index contributed by atoms with van der Waals surface area (Å²) in [5, 5.41) is 3.70. The van der Waals surface area contributed by atoms with E-state index in [1.807, 2.05) is 0 Å². The van der Waals surface area contributed by atoms with Crippen LogP contribution < -0.4 is 15.0 Å². The van der Waals surface area contributed by atoms with Crippen molar-refractivity contribution >= 4 is 17.3 Å².